The lowest BCUT2D eigenvalue weighted by molar-refractivity contribution is 0.185. The van der Waals surface area contributed by atoms with Gasteiger partial charge in [0.05, 0.1) is 24.2 Å². The van der Waals surface area contributed by atoms with Crippen molar-refractivity contribution in [1.29, 1.82) is 0 Å². The third-order valence-corrected chi connectivity index (χ3v) is 5.65. The van der Waals surface area contributed by atoms with Gasteiger partial charge in [0.15, 0.2) is 5.82 Å². The second-order valence-electron chi connectivity index (χ2n) is 7.58. The fourth-order valence-electron chi connectivity index (χ4n) is 4.52. The average molecular weight is 341 g/mol. The third-order valence-electron chi connectivity index (χ3n) is 5.65. The molecule has 1 aliphatic heterocycles. The molecule has 6 nitrogen and oxygen atoms in total. The molecule has 2 aliphatic rings. The smallest absolute Gasteiger partial charge is 0.174 e. The Hall–Kier alpha value is -1.95. The maximum atomic E-state index is 10.3. The lowest BCUT2D eigenvalue weighted by atomic mass is 9.83. The van der Waals surface area contributed by atoms with E-state index in [4.69, 9.17) is 4.98 Å². The number of anilines is 1. The quantitative estimate of drug-likeness (QED) is 0.930. The monoisotopic (exact) mass is 341 g/mol. The van der Waals surface area contributed by atoms with E-state index in [9.17, 15) is 5.11 Å². The predicted octanol–water partition coefficient (Wildman–Crippen LogP) is 2.80. The van der Waals surface area contributed by atoms with Gasteiger partial charge in [0.25, 0.3) is 0 Å². The molecule has 3 heterocycles. The third kappa shape index (κ3) is 3.27. The van der Waals surface area contributed by atoms with Crippen LogP contribution in [-0.4, -0.2) is 43.5 Å². The minimum absolute atomic E-state index is 0.272. The summed E-state index contributed by atoms with van der Waals surface area (Å²) in [7, 11) is 0. The zero-order valence-electron chi connectivity index (χ0n) is 15.1. The standard InChI is InChI=1S/C19H27N5O/c1-13-8-14(2)24(22-13)19-11-20-10-18(21-19)23-12-16(25)9-17(23)15-6-4-3-5-7-15/h8,10-11,15-17,25H,3-7,9,12H2,1-2H3/t16-,17-/m0/s1. The Bertz CT molecular complexity index is 737. The van der Waals surface area contributed by atoms with Gasteiger partial charge in [-0.25, -0.2) is 9.67 Å². The van der Waals surface area contributed by atoms with Crippen molar-refractivity contribution in [3.05, 3.63) is 29.8 Å². The van der Waals surface area contributed by atoms with E-state index in [0.717, 1.165) is 29.4 Å². The van der Waals surface area contributed by atoms with Gasteiger partial charge in [-0.15, -0.1) is 0 Å². The van der Waals surface area contributed by atoms with Crippen molar-refractivity contribution < 1.29 is 5.11 Å². The molecule has 6 heteroatoms. The summed E-state index contributed by atoms with van der Waals surface area (Å²) in [4.78, 5) is 11.5. The molecule has 0 aromatic carbocycles. The van der Waals surface area contributed by atoms with Crippen LogP contribution in [0.1, 0.15) is 49.9 Å². The second kappa shape index (κ2) is 6.75. The lowest BCUT2D eigenvalue weighted by Gasteiger charge is -2.34. The zero-order chi connectivity index (χ0) is 17.4. The van der Waals surface area contributed by atoms with Crippen LogP contribution in [0.4, 0.5) is 5.82 Å². The molecule has 1 saturated heterocycles. The molecule has 0 radical (unpaired) electrons. The zero-order valence-corrected chi connectivity index (χ0v) is 15.1. The number of hydrogen-bond acceptors (Lipinski definition) is 5. The number of hydrogen-bond donors (Lipinski definition) is 1. The molecule has 4 rings (SSSR count). The van der Waals surface area contributed by atoms with Crippen LogP contribution in [-0.2, 0) is 0 Å². The summed E-state index contributed by atoms with van der Waals surface area (Å²) in [6.45, 7) is 4.66. The Balaban J connectivity index is 1.63. The van der Waals surface area contributed by atoms with Crippen LogP contribution in [0.25, 0.3) is 5.82 Å². The van der Waals surface area contributed by atoms with E-state index in [2.05, 4.69) is 15.0 Å². The molecule has 2 aromatic heterocycles. The first-order valence-electron chi connectivity index (χ1n) is 9.42. The van der Waals surface area contributed by atoms with E-state index in [0.29, 0.717) is 18.5 Å². The number of aromatic nitrogens is 4. The van der Waals surface area contributed by atoms with Gasteiger partial charge in [0.1, 0.15) is 5.82 Å². The number of rotatable bonds is 3. The number of aryl methyl sites for hydroxylation is 2. The number of nitrogens with zero attached hydrogens (tertiary/aromatic N) is 5. The van der Waals surface area contributed by atoms with Crippen LogP contribution in [0.15, 0.2) is 18.5 Å². The maximum absolute atomic E-state index is 10.3. The van der Waals surface area contributed by atoms with Gasteiger partial charge < -0.3 is 10.0 Å². The second-order valence-corrected chi connectivity index (χ2v) is 7.58. The molecule has 0 bridgehead atoms. The predicted molar refractivity (Wildman–Crippen MR) is 97.0 cm³/mol. The molecule has 1 aliphatic carbocycles. The molecule has 2 fully saturated rings. The van der Waals surface area contributed by atoms with Crippen molar-refractivity contribution >= 4 is 5.82 Å². The maximum Gasteiger partial charge on any atom is 0.174 e. The Morgan fingerprint density at radius 3 is 2.56 bits per heavy atom. The van der Waals surface area contributed by atoms with Crippen molar-refractivity contribution in [3.8, 4) is 5.82 Å². The van der Waals surface area contributed by atoms with Crippen molar-refractivity contribution in [1.82, 2.24) is 19.7 Å². The van der Waals surface area contributed by atoms with E-state index in [1.54, 1.807) is 6.20 Å². The van der Waals surface area contributed by atoms with Gasteiger partial charge in [0, 0.05) is 18.3 Å². The first-order valence-corrected chi connectivity index (χ1v) is 9.42. The first-order chi connectivity index (χ1) is 12.1. The molecule has 0 spiro atoms. The fourth-order valence-corrected chi connectivity index (χ4v) is 4.52. The Kier molecular flexibility index (Phi) is 4.46. The summed E-state index contributed by atoms with van der Waals surface area (Å²) < 4.78 is 1.84. The average Bonchev–Trinajstić information content (AvgIpc) is 3.18. The number of aliphatic hydroxyl groups excluding tert-OH is 1. The summed E-state index contributed by atoms with van der Waals surface area (Å²) in [5.41, 5.74) is 2.02. The summed E-state index contributed by atoms with van der Waals surface area (Å²) >= 11 is 0. The highest BCUT2D eigenvalue weighted by Gasteiger charge is 2.37. The molecule has 1 N–H and O–H groups in total. The van der Waals surface area contributed by atoms with Gasteiger partial charge in [0.2, 0.25) is 0 Å². The number of aliphatic hydroxyl groups is 1. The Labute approximate surface area is 148 Å². The molecule has 0 amide bonds. The summed E-state index contributed by atoms with van der Waals surface area (Å²) in [5.74, 6) is 2.26. The molecule has 25 heavy (non-hydrogen) atoms. The van der Waals surface area contributed by atoms with Crippen LogP contribution < -0.4 is 4.90 Å². The van der Waals surface area contributed by atoms with E-state index in [1.807, 2.05) is 30.8 Å². The summed E-state index contributed by atoms with van der Waals surface area (Å²) in [6, 6.07) is 2.42. The molecular weight excluding hydrogens is 314 g/mol. The number of β-amino-alcohol motifs (C(OH)–C–C–N with tert-alkyl or cyclic N) is 1. The molecule has 2 atom stereocenters. The Morgan fingerprint density at radius 1 is 1.08 bits per heavy atom. The van der Waals surface area contributed by atoms with Gasteiger partial charge in [-0.2, -0.15) is 5.10 Å². The highest BCUT2D eigenvalue weighted by molar-refractivity contribution is 5.43. The van der Waals surface area contributed by atoms with E-state index in [1.165, 1.54) is 32.1 Å². The van der Waals surface area contributed by atoms with Crippen molar-refractivity contribution in [2.24, 2.45) is 5.92 Å². The van der Waals surface area contributed by atoms with Crippen LogP contribution in [0.3, 0.4) is 0 Å². The highest BCUT2D eigenvalue weighted by Crippen LogP contribution is 2.36. The van der Waals surface area contributed by atoms with E-state index in [-0.39, 0.29) is 6.10 Å². The van der Waals surface area contributed by atoms with Crippen LogP contribution in [0.2, 0.25) is 0 Å². The normalized spacial score (nSPS) is 24.8. The van der Waals surface area contributed by atoms with Crippen molar-refractivity contribution in [3.63, 3.8) is 0 Å². The van der Waals surface area contributed by atoms with Crippen LogP contribution in [0.5, 0.6) is 0 Å². The molecule has 134 valence electrons. The van der Waals surface area contributed by atoms with Gasteiger partial charge >= 0.3 is 0 Å². The minimum atomic E-state index is -0.272. The SMILES string of the molecule is Cc1cc(C)n(-c2cncc(N3C[C@@H](O)C[C@H]3C3CCCCC3)n2)n1. The van der Waals surface area contributed by atoms with Crippen LogP contribution in [0, 0.1) is 19.8 Å². The minimum Gasteiger partial charge on any atom is -0.391 e. The van der Waals surface area contributed by atoms with Crippen molar-refractivity contribution in [2.75, 3.05) is 11.4 Å². The van der Waals surface area contributed by atoms with Gasteiger partial charge in [-0.3, -0.25) is 4.98 Å². The fraction of sp³-hybridized carbons (Fsp3) is 0.632. The molecule has 2 aromatic rings. The molecular formula is C19H27N5O. The van der Waals surface area contributed by atoms with Gasteiger partial charge in [-0.1, -0.05) is 19.3 Å². The highest BCUT2D eigenvalue weighted by atomic mass is 16.3. The summed E-state index contributed by atoms with van der Waals surface area (Å²) in [6.07, 6.45) is 10.6. The van der Waals surface area contributed by atoms with E-state index < -0.39 is 0 Å². The lowest BCUT2D eigenvalue weighted by Crippen LogP contribution is -2.37. The topological polar surface area (TPSA) is 67.1 Å². The molecule has 0 unspecified atom stereocenters. The summed E-state index contributed by atoms with van der Waals surface area (Å²) in [5, 5.41) is 14.8. The van der Waals surface area contributed by atoms with Crippen molar-refractivity contribution in [2.45, 2.75) is 64.5 Å². The first kappa shape index (κ1) is 16.5. The largest absolute Gasteiger partial charge is 0.391 e. The van der Waals surface area contributed by atoms with Gasteiger partial charge in [-0.05, 0) is 45.1 Å². The molecule has 1 saturated carbocycles. The van der Waals surface area contributed by atoms with Crippen LogP contribution >= 0.6 is 0 Å². The Morgan fingerprint density at radius 2 is 1.84 bits per heavy atom. The van der Waals surface area contributed by atoms with E-state index >= 15 is 0 Å².